The number of benzene rings is 1. The molecule has 0 N–H and O–H groups in total. The third-order valence-electron chi connectivity index (χ3n) is 3.38. The Hall–Kier alpha value is -1.07. The average molecular weight is 360 g/mol. The Bertz CT molecular complexity index is 536. The first-order valence-electron chi connectivity index (χ1n) is 6.47. The number of likely N-dealkylation sites (N-methyl/N-ethyl adjacent to an activating group) is 1. The van der Waals surface area contributed by atoms with Gasteiger partial charge in [-0.05, 0) is 24.6 Å². The Kier molecular flexibility index (Phi) is 5.05. The number of hydrogen-bond donors (Lipinski definition) is 0. The molecule has 0 radical (unpaired) electrons. The highest BCUT2D eigenvalue weighted by Crippen LogP contribution is 2.22. The zero-order chi connectivity index (χ0) is 14.7. The van der Waals surface area contributed by atoms with Crippen molar-refractivity contribution in [2.75, 3.05) is 26.7 Å². The second kappa shape index (κ2) is 6.59. The fourth-order valence-corrected chi connectivity index (χ4v) is 2.74. The Morgan fingerprint density at radius 1 is 1.50 bits per heavy atom. The van der Waals surface area contributed by atoms with Crippen LogP contribution in [0.4, 0.5) is 0 Å². The van der Waals surface area contributed by atoms with Crippen LogP contribution in [-0.4, -0.2) is 48.3 Å². The molecule has 0 aliphatic carbocycles. The molecule has 1 aromatic carbocycles. The second-order valence-electron chi connectivity index (χ2n) is 4.84. The summed E-state index contributed by atoms with van der Waals surface area (Å²) in [4.78, 5) is 27.2. The quantitative estimate of drug-likeness (QED) is 0.829. The third kappa shape index (κ3) is 3.52. The van der Waals surface area contributed by atoms with Gasteiger partial charge in [0.1, 0.15) is 0 Å². The molecule has 2 amide bonds. The van der Waals surface area contributed by atoms with E-state index in [0.29, 0.717) is 30.1 Å². The largest absolute Gasteiger partial charge is 0.341 e. The van der Waals surface area contributed by atoms with Crippen LogP contribution < -0.4 is 0 Å². The van der Waals surface area contributed by atoms with Gasteiger partial charge in [0.25, 0.3) is 5.91 Å². The molecule has 0 spiro atoms. The lowest BCUT2D eigenvalue weighted by atomic mass is 10.2. The third-order valence-corrected chi connectivity index (χ3v) is 4.21. The number of halogens is 2. The smallest absolute Gasteiger partial charge is 0.255 e. The van der Waals surface area contributed by atoms with E-state index < -0.39 is 0 Å². The minimum Gasteiger partial charge on any atom is -0.341 e. The van der Waals surface area contributed by atoms with Gasteiger partial charge in [0.2, 0.25) is 5.91 Å². The first-order valence-corrected chi connectivity index (χ1v) is 7.64. The molecule has 1 saturated heterocycles. The van der Waals surface area contributed by atoms with Crippen molar-refractivity contribution in [1.29, 1.82) is 0 Å². The van der Waals surface area contributed by atoms with Gasteiger partial charge in [-0.25, -0.2) is 0 Å². The van der Waals surface area contributed by atoms with Crippen molar-refractivity contribution in [3.8, 4) is 0 Å². The van der Waals surface area contributed by atoms with Crippen molar-refractivity contribution < 1.29 is 9.59 Å². The van der Waals surface area contributed by atoms with Crippen LogP contribution in [0.15, 0.2) is 22.7 Å². The number of carbonyl (C=O) groups is 2. The molecule has 0 saturated carbocycles. The first-order chi connectivity index (χ1) is 9.49. The van der Waals surface area contributed by atoms with Crippen LogP contribution in [0.5, 0.6) is 0 Å². The van der Waals surface area contributed by atoms with Crippen molar-refractivity contribution >= 4 is 39.3 Å². The lowest BCUT2D eigenvalue weighted by Crippen LogP contribution is -2.37. The highest BCUT2D eigenvalue weighted by atomic mass is 79.9. The predicted octanol–water partition coefficient (Wildman–Crippen LogP) is 2.80. The highest BCUT2D eigenvalue weighted by molar-refractivity contribution is 9.10. The molecule has 108 valence electrons. The maximum Gasteiger partial charge on any atom is 0.255 e. The molecule has 6 heteroatoms. The maximum atomic E-state index is 12.3. The van der Waals surface area contributed by atoms with Gasteiger partial charge in [-0.3, -0.25) is 9.59 Å². The number of rotatable bonds is 4. The van der Waals surface area contributed by atoms with E-state index in [-0.39, 0.29) is 11.8 Å². The number of likely N-dealkylation sites (tertiary alicyclic amines) is 1. The number of nitrogens with zero attached hydrogens (tertiary/aromatic N) is 2. The molecule has 0 bridgehead atoms. The molecular formula is C14H16BrClN2O2. The minimum atomic E-state index is -0.136. The van der Waals surface area contributed by atoms with E-state index in [1.165, 1.54) is 0 Å². The van der Waals surface area contributed by atoms with Crippen molar-refractivity contribution in [1.82, 2.24) is 9.80 Å². The second-order valence-corrected chi connectivity index (χ2v) is 6.16. The van der Waals surface area contributed by atoms with Gasteiger partial charge >= 0.3 is 0 Å². The van der Waals surface area contributed by atoms with Crippen LogP contribution in [-0.2, 0) is 4.79 Å². The zero-order valence-electron chi connectivity index (χ0n) is 11.2. The summed E-state index contributed by atoms with van der Waals surface area (Å²) < 4.78 is 0.813. The van der Waals surface area contributed by atoms with Gasteiger partial charge in [-0.1, -0.05) is 27.5 Å². The van der Waals surface area contributed by atoms with E-state index in [4.69, 9.17) is 11.6 Å². The van der Waals surface area contributed by atoms with Gasteiger partial charge in [0, 0.05) is 37.6 Å². The number of amides is 2. The fraction of sp³-hybridized carbons (Fsp3) is 0.429. The summed E-state index contributed by atoms with van der Waals surface area (Å²) in [7, 11) is 1.72. The van der Waals surface area contributed by atoms with Gasteiger partial charge in [-0.15, -0.1) is 0 Å². The Labute approximate surface area is 131 Å². The van der Waals surface area contributed by atoms with Gasteiger partial charge in [0.15, 0.2) is 0 Å². The van der Waals surface area contributed by atoms with Gasteiger partial charge in [0.05, 0.1) is 10.6 Å². The summed E-state index contributed by atoms with van der Waals surface area (Å²) in [6, 6.07) is 5.20. The lowest BCUT2D eigenvalue weighted by Gasteiger charge is -2.22. The SMILES string of the molecule is CN(CCN1CCCC1=O)C(=O)c1cc(Br)ccc1Cl. The van der Waals surface area contributed by atoms with Crippen molar-refractivity contribution in [2.24, 2.45) is 0 Å². The normalized spacial score (nSPS) is 14.8. The molecule has 1 aliphatic rings. The predicted molar refractivity (Wildman–Crippen MR) is 81.9 cm³/mol. The molecule has 1 aromatic rings. The van der Waals surface area contributed by atoms with Crippen LogP contribution in [0.3, 0.4) is 0 Å². The van der Waals surface area contributed by atoms with Gasteiger partial charge < -0.3 is 9.80 Å². The lowest BCUT2D eigenvalue weighted by molar-refractivity contribution is -0.127. The van der Waals surface area contributed by atoms with Crippen LogP contribution in [0.2, 0.25) is 5.02 Å². The highest BCUT2D eigenvalue weighted by Gasteiger charge is 2.21. The summed E-state index contributed by atoms with van der Waals surface area (Å²) in [6.45, 7) is 1.87. The topological polar surface area (TPSA) is 40.6 Å². The maximum absolute atomic E-state index is 12.3. The summed E-state index contributed by atoms with van der Waals surface area (Å²) in [5.41, 5.74) is 0.469. The zero-order valence-corrected chi connectivity index (χ0v) is 13.6. The van der Waals surface area contributed by atoms with Gasteiger partial charge in [-0.2, -0.15) is 0 Å². The average Bonchev–Trinajstić information content (AvgIpc) is 2.83. The van der Waals surface area contributed by atoms with E-state index in [1.807, 2.05) is 0 Å². The van der Waals surface area contributed by atoms with Crippen molar-refractivity contribution in [3.63, 3.8) is 0 Å². The Balaban J connectivity index is 1.98. The molecule has 0 aromatic heterocycles. The fourth-order valence-electron chi connectivity index (χ4n) is 2.18. The van der Waals surface area contributed by atoms with E-state index >= 15 is 0 Å². The summed E-state index contributed by atoms with van der Waals surface area (Å²) in [6.07, 6.45) is 1.53. The van der Waals surface area contributed by atoms with E-state index in [1.54, 1.807) is 35.0 Å². The Morgan fingerprint density at radius 2 is 2.25 bits per heavy atom. The molecule has 1 heterocycles. The first kappa shape index (κ1) is 15.3. The van der Waals surface area contributed by atoms with E-state index in [2.05, 4.69) is 15.9 Å². The summed E-state index contributed by atoms with van der Waals surface area (Å²) in [5, 5.41) is 0.433. The van der Waals surface area contributed by atoms with Crippen LogP contribution in [0.1, 0.15) is 23.2 Å². The minimum absolute atomic E-state index is 0.136. The molecule has 0 unspecified atom stereocenters. The molecule has 0 atom stereocenters. The molecule has 1 aliphatic heterocycles. The molecule has 1 fully saturated rings. The van der Waals surface area contributed by atoms with Crippen LogP contribution in [0.25, 0.3) is 0 Å². The van der Waals surface area contributed by atoms with Crippen molar-refractivity contribution in [3.05, 3.63) is 33.3 Å². The number of hydrogen-bond acceptors (Lipinski definition) is 2. The van der Waals surface area contributed by atoms with E-state index in [9.17, 15) is 9.59 Å². The Morgan fingerprint density at radius 3 is 2.90 bits per heavy atom. The van der Waals surface area contributed by atoms with E-state index in [0.717, 1.165) is 17.4 Å². The monoisotopic (exact) mass is 358 g/mol. The summed E-state index contributed by atoms with van der Waals surface area (Å²) in [5.74, 6) is 0.0364. The van der Waals surface area contributed by atoms with Crippen LogP contribution in [0, 0.1) is 0 Å². The summed E-state index contributed by atoms with van der Waals surface area (Å²) >= 11 is 9.38. The number of carbonyl (C=O) groups excluding carboxylic acids is 2. The van der Waals surface area contributed by atoms with Crippen molar-refractivity contribution in [2.45, 2.75) is 12.8 Å². The molecular weight excluding hydrogens is 344 g/mol. The molecule has 4 nitrogen and oxygen atoms in total. The molecule has 20 heavy (non-hydrogen) atoms. The van der Waals surface area contributed by atoms with Crippen LogP contribution >= 0.6 is 27.5 Å². The standard InChI is InChI=1S/C14H16BrClN2O2/c1-17(7-8-18-6-2-3-13(18)19)14(20)11-9-10(15)4-5-12(11)16/h4-5,9H,2-3,6-8H2,1H3. The molecule has 2 rings (SSSR count).